The van der Waals surface area contributed by atoms with Crippen molar-refractivity contribution in [3.05, 3.63) is 33.8 Å². The number of nitrogens with two attached hydrogens (primary N) is 1. The largest absolute Gasteiger partial charge is 0.271 e. The van der Waals surface area contributed by atoms with Crippen LogP contribution in [0.15, 0.2) is 18.2 Å². The van der Waals surface area contributed by atoms with Crippen LogP contribution >= 0.6 is 23.2 Å². The monoisotopic (exact) mass is 298 g/mol. The first kappa shape index (κ1) is 13.7. The third kappa shape index (κ3) is 2.78. The molecule has 0 spiro atoms. The second-order valence-electron chi connectivity index (χ2n) is 5.90. The van der Waals surface area contributed by atoms with E-state index in [1.807, 2.05) is 18.2 Å². The second kappa shape index (κ2) is 5.61. The molecule has 1 aromatic rings. The summed E-state index contributed by atoms with van der Waals surface area (Å²) >= 11 is 12.2. The molecular weight excluding hydrogens is 279 g/mol. The number of rotatable bonds is 4. The van der Waals surface area contributed by atoms with Crippen LogP contribution in [0, 0.1) is 17.8 Å². The van der Waals surface area contributed by atoms with Gasteiger partial charge in [-0.1, -0.05) is 42.1 Å². The van der Waals surface area contributed by atoms with Crippen molar-refractivity contribution < 1.29 is 0 Å². The topological polar surface area (TPSA) is 38.0 Å². The van der Waals surface area contributed by atoms with Gasteiger partial charge in [-0.3, -0.25) is 11.3 Å². The molecule has 0 bridgehead atoms. The summed E-state index contributed by atoms with van der Waals surface area (Å²) in [5.41, 5.74) is 4.16. The first-order valence-electron chi connectivity index (χ1n) is 7.10. The molecule has 2 saturated carbocycles. The average molecular weight is 299 g/mol. The van der Waals surface area contributed by atoms with Crippen LogP contribution in [0.5, 0.6) is 0 Å². The van der Waals surface area contributed by atoms with E-state index in [1.165, 1.54) is 25.7 Å². The van der Waals surface area contributed by atoms with E-state index in [0.29, 0.717) is 11.1 Å². The first-order chi connectivity index (χ1) is 9.20. The summed E-state index contributed by atoms with van der Waals surface area (Å²) in [6.07, 6.45) is 6.42. The third-order valence-corrected chi connectivity index (χ3v) is 5.44. The minimum atomic E-state index is 0.340. The Balaban J connectivity index is 1.70. The lowest BCUT2D eigenvalue weighted by Crippen LogP contribution is -2.39. The molecule has 0 aliphatic heterocycles. The van der Waals surface area contributed by atoms with E-state index >= 15 is 0 Å². The van der Waals surface area contributed by atoms with Gasteiger partial charge in [0.05, 0.1) is 0 Å². The van der Waals surface area contributed by atoms with Gasteiger partial charge in [0.25, 0.3) is 0 Å². The van der Waals surface area contributed by atoms with Gasteiger partial charge in [0, 0.05) is 16.1 Å². The van der Waals surface area contributed by atoms with E-state index < -0.39 is 0 Å². The van der Waals surface area contributed by atoms with E-state index in [-0.39, 0.29) is 0 Å². The first-order valence-corrected chi connectivity index (χ1v) is 7.86. The molecule has 0 heterocycles. The van der Waals surface area contributed by atoms with Crippen molar-refractivity contribution in [2.45, 2.75) is 38.1 Å². The minimum absolute atomic E-state index is 0.340. The fourth-order valence-electron chi connectivity index (χ4n) is 3.87. The number of hydrogen-bond donors (Lipinski definition) is 2. The molecule has 2 nitrogen and oxygen atoms in total. The zero-order valence-electron chi connectivity index (χ0n) is 10.9. The number of halogens is 2. The molecule has 3 N–H and O–H groups in total. The highest BCUT2D eigenvalue weighted by atomic mass is 35.5. The molecule has 0 radical (unpaired) electrons. The number of fused-ring (bicyclic) bond motifs is 1. The summed E-state index contributed by atoms with van der Waals surface area (Å²) in [7, 11) is 0. The highest BCUT2D eigenvalue weighted by Crippen LogP contribution is 2.57. The number of hydrogen-bond acceptors (Lipinski definition) is 2. The van der Waals surface area contributed by atoms with Gasteiger partial charge < -0.3 is 0 Å². The molecule has 3 unspecified atom stereocenters. The van der Waals surface area contributed by atoms with Gasteiger partial charge in [-0.2, -0.15) is 0 Å². The zero-order valence-corrected chi connectivity index (χ0v) is 12.4. The minimum Gasteiger partial charge on any atom is -0.271 e. The molecule has 2 aliphatic rings. The Morgan fingerprint density at radius 2 is 1.89 bits per heavy atom. The highest BCUT2D eigenvalue weighted by Gasteiger charge is 2.53. The van der Waals surface area contributed by atoms with Gasteiger partial charge in [-0.05, 0) is 54.7 Å². The average Bonchev–Trinajstić information content (AvgIpc) is 3.12. The number of hydrazine groups is 1. The van der Waals surface area contributed by atoms with Gasteiger partial charge >= 0.3 is 0 Å². The summed E-state index contributed by atoms with van der Waals surface area (Å²) in [6, 6.07) is 6.07. The molecule has 2 aliphatic carbocycles. The Labute approximate surface area is 124 Å². The maximum Gasteiger partial charge on any atom is 0.0453 e. The Hall–Kier alpha value is -0.280. The van der Waals surface area contributed by atoms with Crippen LogP contribution in [-0.2, 0) is 6.42 Å². The molecule has 0 saturated heterocycles. The zero-order chi connectivity index (χ0) is 13.4. The lowest BCUT2D eigenvalue weighted by Gasteiger charge is -2.17. The summed E-state index contributed by atoms with van der Waals surface area (Å²) in [5.74, 6) is 8.29. The van der Waals surface area contributed by atoms with Crippen LogP contribution < -0.4 is 11.3 Å². The quantitative estimate of drug-likeness (QED) is 0.655. The standard InChI is InChI=1S/C15H20Cl2N2/c16-10-6-5-9(13(17)8-10)7-14(19-18)15-11-3-1-2-4-12(11)15/h5-6,8,11-12,14-15,19H,1-4,7,18H2. The van der Waals surface area contributed by atoms with E-state index in [4.69, 9.17) is 29.0 Å². The number of nitrogens with one attached hydrogen (secondary N) is 1. The van der Waals surface area contributed by atoms with Gasteiger partial charge in [-0.25, -0.2) is 0 Å². The molecule has 0 aromatic heterocycles. The molecule has 3 atom stereocenters. The smallest absolute Gasteiger partial charge is 0.0453 e. The van der Waals surface area contributed by atoms with Gasteiger partial charge in [0.1, 0.15) is 0 Å². The fraction of sp³-hybridized carbons (Fsp3) is 0.600. The summed E-state index contributed by atoms with van der Waals surface area (Å²) < 4.78 is 0. The van der Waals surface area contributed by atoms with Crippen LogP contribution in [0.2, 0.25) is 10.0 Å². The molecular formula is C15H20Cl2N2. The Kier molecular flexibility index (Phi) is 4.04. The summed E-state index contributed by atoms with van der Waals surface area (Å²) in [5, 5.41) is 1.43. The molecule has 104 valence electrons. The predicted molar refractivity (Wildman–Crippen MR) is 80.2 cm³/mol. The Morgan fingerprint density at radius 1 is 1.21 bits per heavy atom. The van der Waals surface area contributed by atoms with Crippen LogP contribution in [0.4, 0.5) is 0 Å². The van der Waals surface area contributed by atoms with Crippen molar-refractivity contribution in [3.8, 4) is 0 Å². The van der Waals surface area contributed by atoms with Crippen LogP contribution in [0.1, 0.15) is 31.2 Å². The second-order valence-corrected chi connectivity index (χ2v) is 6.75. The van der Waals surface area contributed by atoms with Crippen LogP contribution in [-0.4, -0.2) is 6.04 Å². The molecule has 3 rings (SSSR count). The maximum atomic E-state index is 6.26. The van der Waals surface area contributed by atoms with Crippen molar-refractivity contribution in [2.24, 2.45) is 23.6 Å². The van der Waals surface area contributed by atoms with E-state index in [2.05, 4.69) is 5.43 Å². The highest BCUT2D eigenvalue weighted by molar-refractivity contribution is 6.35. The van der Waals surface area contributed by atoms with Crippen LogP contribution in [0.25, 0.3) is 0 Å². The lowest BCUT2D eigenvalue weighted by atomic mass is 10.0. The van der Waals surface area contributed by atoms with Crippen molar-refractivity contribution in [1.29, 1.82) is 0 Å². The normalized spacial score (nSPS) is 30.8. The predicted octanol–water partition coefficient (Wildman–Crippen LogP) is 3.80. The Morgan fingerprint density at radius 3 is 2.47 bits per heavy atom. The van der Waals surface area contributed by atoms with Crippen molar-refractivity contribution >= 4 is 23.2 Å². The van der Waals surface area contributed by atoms with Gasteiger partial charge in [0.2, 0.25) is 0 Å². The third-order valence-electron chi connectivity index (χ3n) is 4.86. The molecule has 19 heavy (non-hydrogen) atoms. The summed E-state index contributed by atoms with van der Waals surface area (Å²) in [6.45, 7) is 0. The van der Waals surface area contributed by atoms with E-state index in [1.54, 1.807) is 0 Å². The fourth-order valence-corrected chi connectivity index (χ4v) is 4.36. The van der Waals surface area contributed by atoms with Gasteiger partial charge in [-0.15, -0.1) is 0 Å². The van der Waals surface area contributed by atoms with Gasteiger partial charge in [0.15, 0.2) is 0 Å². The summed E-state index contributed by atoms with van der Waals surface area (Å²) in [4.78, 5) is 0. The molecule has 1 aromatic carbocycles. The van der Waals surface area contributed by atoms with Crippen molar-refractivity contribution in [3.63, 3.8) is 0 Å². The van der Waals surface area contributed by atoms with Crippen LogP contribution in [0.3, 0.4) is 0 Å². The molecule has 2 fully saturated rings. The molecule has 4 heteroatoms. The van der Waals surface area contributed by atoms with E-state index in [0.717, 1.165) is 34.8 Å². The maximum absolute atomic E-state index is 6.26. The number of benzene rings is 1. The van der Waals surface area contributed by atoms with Crippen molar-refractivity contribution in [2.75, 3.05) is 0 Å². The Bertz CT molecular complexity index is 451. The van der Waals surface area contributed by atoms with Crippen molar-refractivity contribution in [1.82, 2.24) is 5.43 Å². The lowest BCUT2D eigenvalue weighted by molar-refractivity contribution is 0.437. The van der Waals surface area contributed by atoms with E-state index in [9.17, 15) is 0 Å². The SMILES string of the molecule is NNC(Cc1ccc(Cl)cc1Cl)C1C2CCCCC21. The molecule has 0 amide bonds.